The summed E-state index contributed by atoms with van der Waals surface area (Å²) in [5.74, 6) is -0.898. The number of H-pyrrole nitrogens is 1. The van der Waals surface area contributed by atoms with Gasteiger partial charge in [0.25, 0.3) is 0 Å². The van der Waals surface area contributed by atoms with Crippen molar-refractivity contribution in [3.63, 3.8) is 0 Å². The van der Waals surface area contributed by atoms with Gasteiger partial charge < -0.3 is 14.8 Å². The first-order valence-electron chi connectivity index (χ1n) is 7.21. The van der Waals surface area contributed by atoms with Crippen LogP contribution in [-0.4, -0.2) is 22.7 Å². The normalized spacial score (nSPS) is 21.3. The molecular weight excluding hydrogens is 325 g/mol. The highest BCUT2D eigenvalue weighted by Crippen LogP contribution is 2.46. The van der Waals surface area contributed by atoms with Crippen molar-refractivity contribution in [3.8, 4) is 0 Å². The summed E-state index contributed by atoms with van der Waals surface area (Å²) < 4.78 is 5.98. The molecule has 6 heteroatoms. The fraction of sp³-hybridized carbons (Fsp3) is 0.438. The average molecular weight is 342 g/mol. The fourth-order valence-electron chi connectivity index (χ4n) is 3.34. The van der Waals surface area contributed by atoms with E-state index in [4.69, 9.17) is 27.9 Å². The lowest BCUT2D eigenvalue weighted by molar-refractivity contribution is -0.154. The number of aromatic amines is 1. The molecule has 0 spiro atoms. The predicted molar refractivity (Wildman–Crippen MR) is 86.7 cm³/mol. The smallest absolute Gasteiger partial charge is 0.306 e. The Labute approximate surface area is 138 Å². The van der Waals surface area contributed by atoms with Crippen molar-refractivity contribution >= 4 is 40.1 Å². The zero-order chi connectivity index (χ0) is 16.1. The van der Waals surface area contributed by atoms with E-state index in [1.54, 1.807) is 12.1 Å². The van der Waals surface area contributed by atoms with Crippen LogP contribution < -0.4 is 0 Å². The predicted octanol–water partition coefficient (Wildman–Crippen LogP) is 4.37. The molecule has 0 aliphatic carbocycles. The number of hydrogen-bond acceptors (Lipinski definition) is 2. The second-order valence-corrected chi connectivity index (χ2v) is 6.79. The van der Waals surface area contributed by atoms with Crippen molar-refractivity contribution in [1.82, 2.24) is 4.98 Å². The highest BCUT2D eigenvalue weighted by molar-refractivity contribution is 6.40. The topological polar surface area (TPSA) is 62.3 Å². The third-order valence-corrected chi connectivity index (χ3v) is 5.07. The Hall–Kier alpha value is -1.23. The number of rotatable bonds is 3. The van der Waals surface area contributed by atoms with Gasteiger partial charge in [-0.1, -0.05) is 37.0 Å². The maximum atomic E-state index is 11.4. The summed E-state index contributed by atoms with van der Waals surface area (Å²) in [6.07, 6.45) is 0.587. The molecule has 0 radical (unpaired) electrons. The summed E-state index contributed by atoms with van der Waals surface area (Å²) >= 11 is 12.6. The number of halogens is 2. The number of nitrogens with one attached hydrogen (secondary N) is 1. The molecule has 1 aliphatic rings. The second-order valence-electron chi connectivity index (χ2n) is 5.97. The number of aromatic nitrogens is 1. The molecule has 2 aromatic rings. The van der Waals surface area contributed by atoms with Crippen LogP contribution in [0.2, 0.25) is 10.0 Å². The maximum Gasteiger partial charge on any atom is 0.306 e. The van der Waals surface area contributed by atoms with Gasteiger partial charge in [-0.25, -0.2) is 0 Å². The molecule has 0 amide bonds. The molecule has 2 heterocycles. The van der Waals surface area contributed by atoms with Crippen molar-refractivity contribution in [3.05, 3.63) is 33.4 Å². The van der Waals surface area contributed by atoms with Gasteiger partial charge in [0.1, 0.15) is 5.60 Å². The van der Waals surface area contributed by atoms with Gasteiger partial charge in [-0.15, -0.1) is 0 Å². The van der Waals surface area contributed by atoms with Gasteiger partial charge >= 0.3 is 5.97 Å². The van der Waals surface area contributed by atoms with Crippen molar-refractivity contribution in [1.29, 1.82) is 0 Å². The van der Waals surface area contributed by atoms with Crippen LogP contribution in [0.3, 0.4) is 0 Å². The second kappa shape index (κ2) is 5.44. The largest absolute Gasteiger partial charge is 0.481 e. The Morgan fingerprint density at radius 1 is 1.41 bits per heavy atom. The molecule has 1 aromatic heterocycles. The lowest BCUT2D eigenvalue weighted by Gasteiger charge is -2.39. The first kappa shape index (κ1) is 15.7. The summed E-state index contributed by atoms with van der Waals surface area (Å²) in [7, 11) is 0. The third-order valence-electron chi connectivity index (χ3n) is 4.44. The van der Waals surface area contributed by atoms with Crippen LogP contribution in [0.15, 0.2) is 12.1 Å². The van der Waals surface area contributed by atoms with E-state index in [2.05, 4.69) is 4.98 Å². The van der Waals surface area contributed by atoms with Gasteiger partial charge in [-0.2, -0.15) is 0 Å². The molecule has 1 atom stereocenters. The van der Waals surface area contributed by atoms with Crippen molar-refractivity contribution in [2.24, 2.45) is 5.92 Å². The number of fused-ring (bicyclic) bond motifs is 3. The summed E-state index contributed by atoms with van der Waals surface area (Å²) in [6.45, 7) is 4.40. The number of aliphatic carboxylic acids is 1. The molecule has 3 rings (SSSR count). The lowest BCUT2D eigenvalue weighted by atomic mass is 9.80. The number of carboxylic acids is 1. The molecule has 22 heavy (non-hydrogen) atoms. The van der Waals surface area contributed by atoms with Gasteiger partial charge in [0, 0.05) is 5.39 Å². The number of benzene rings is 1. The molecule has 4 nitrogen and oxygen atoms in total. The SMILES string of the molecule is CC(C)C1(CC(=O)O)OCCc2c1[nH]c1c(Cl)ccc(Cl)c21. The van der Waals surface area contributed by atoms with E-state index in [1.807, 2.05) is 13.8 Å². The van der Waals surface area contributed by atoms with E-state index in [1.165, 1.54) is 0 Å². The standard InChI is InChI=1S/C16H17Cl2NO3/c1-8(2)16(7-12(20)21)15-9(5-6-22-16)13-10(17)3-4-11(18)14(13)19-15/h3-4,8,19H,5-7H2,1-2H3,(H,20,21). The first-order valence-corrected chi connectivity index (χ1v) is 7.97. The zero-order valence-electron chi connectivity index (χ0n) is 12.4. The number of hydrogen-bond donors (Lipinski definition) is 2. The van der Waals surface area contributed by atoms with Gasteiger partial charge in [0.15, 0.2) is 0 Å². The van der Waals surface area contributed by atoms with Crippen molar-refractivity contribution in [2.75, 3.05) is 6.61 Å². The minimum atomic E-state index is -0.891. The number of carbonyl (C=O) groups is 1. The van der Waals surface area contributed by atoms with Crippen LogP contribution in [0, 0.1) is 5.92 Å². The van der Waals surface area contributed by atoms with E-state index in [9.17, 15) is 9.90 Å². The summed E-state index contributed by atoms with van der Waals surface area (Å²) in [6, 6.07) is 3.51. The molecule has 118 valence electrons. The van der Waals surface area contributed by atoms with E-state index in [0.717, 1.165) is 22.2 Å². The Morgan fingerprint density at radius 2 is 2.09 bits per heavy atom. The van der Waals surface area contributed by atoms with Crippen LogP contribution >= 0.6 is 23.2 Å². The summed E-state index contributed by atoms with van der Waals surface area (Å²) in [5, 5.41) is 11.4. The minimum Gasteiger partial charge on any atom is -0.481 e. The third kappa shape index (κ3) is 2.21. The van der Waals surface area contributed by atoms with Gasteiger partial charge in [-0.3, -0.25) is 4.79 Å². The van der Waals surface area contributed by atoms with E-state index in [-0.39, 0.29) is 12.3 Å². The van der Waals surface area contributed by atoms with Crippen LogP contribution in [0.25, 0.3) is 10.9 Å². The van der Waals surface area contributed by atoms with E-state index in [0.29, 0.717) is 23.1 Å². The van der Waals surface area contributed by atoms with Gasteiger partial charge in [-0.05, 0) is 30.0 Å². The van der Waals surface area contributed by atoms with Crippen LogP contribution in [0.4, 0.5) is 0 Å². The van der Waals surface area contributed by atoms with Gasteiger partial charge in [0.2, 0.25) is 0 Å². The molecule has 1 unspecified atom stereocenters. The van der Waals surface area contributed by atoms with Crippen LogP contribution in [0.5, 0.6) is 0 Å². The minimum absolute atomic E-state index is 0.00624. The zero-order valence-corrected chi connectivity index (χ0v) is 13.9. The molecule has 1 aromatic carbocycles. The molecule has 0 bridgehead atoms. The molecule has 0 saturated carbocycles. The van der Waals surface area contributed by atoms with Gasteiger partial charge in [0.05, 0.1) is 34.3 Å². The molecular formula is C16H17Cl2NO3. The highest BCUT2D eigenvalue weighted by Gasteiger charge is 2.45. The molecule has 0 saturated heterocycles. The Balaban J connectivity index is 2.32. The van der Waals surface area contributed by atoms with Crippen molar-refractivity contribution in [2.45, 2.75) is 32.3 Å². The Kier molecular flexibility index (Phi) is 3.87. The monoisotopic (exact) mass is 341 g/mol. The van der Waals surface area contributed by atoms with E-state index >= 15 is 0 Å². The molecule has 1 aliphatic heterocycles. The Morgan fingerprint density at radius 3 is 2.73 bits per heavy atom. The average Bonchev–Trinajstić information content (AvgIpc) is 2.84. The number of carboxylic acid groups (broad SMARTS) is 1. The van der Waals surface area contributed by atoms with E-state index < -0.39 is 11.6 Å². The first-order chi connectivity index (χ1) is 10.4. The maximum absolute atomic E-state index is 11.4. The summed E-state index contributed by atoms with van der Waals surface area (Å²) in [4.78, 5) is 14.7. The van der Waals surface area contributed by atoms with Crippen LogP contribution in [0.1, 0.15) is 31.5 Å². The molecule has 2 N–H and O–H groups in total. The van der Waals surface area contributed by atoms with Crippen LogP contribution in [-0.2, 0) is 21.6 Å². The number of ether oxygens (including phenoxy) is 1. The highest BCUT2D eigenvalue weighted by atomic mass is 35.5. The quantitative estimate of drug-likeness (QED) is 0.870. The fourth-order valence-corrected chi connectivity index (χ4v) is 3.81. The van der Waals surface area contributed by atoms with Crippen molar-refractivity contribution < 1.29 is 14.6 Å². The molecule has 0 fully saturated rings. The summed E-state index contributed by atoms with van der Waals surface area (Å²) in [5.41, 5.74) is 1.68. The lowest BCUT2D eigenvalue weighted by Crippen LogP contribution is -2.42. The Bertz CT molecular complexity index is 753.